The van der Waals surface area contributed by atoms with E-state index in [1.54, 1.807) is 0 Å². The maximum atomic E-state index is 13.5. The second-order valence-electron chi connectivity index (χ2n) is 8.17. The van der Waals surface area contributed by atoms with Gasteiger partial charge in [-0.1, -0.05) is 50.2 Å². The quantitative estimate of drug-likeness (QED) is 0.541. The highest BCUT2D eigenvalue weighted by atomic mass is 32.2. The molecule has 33 heavy (non-hydrogen) atoms. The van der Waals surface area contributed by atoms with Gasteiger partial charge < -0.3 is 10.6 Å². The van der Waals surface area contributed by atoms with Gasteiger partial charge in [-0.2, -0.15) is 0 Å². The fourth-order valence-corrected chi connectivity index (χ4v) is 4.08. The molecule has 3 aromatic rings. The van der Waals surface area contributed by atoms with E-state index in [2.05, 4.69) is 4.98 Å². The van der Waals surface area contributed by atoms with Crippen LogP contribution in [0.4, 0.5) is 11.5 Å². The number of aromatic amines is 1. The molecule has 0 saturated carbocycles. The Morgan fingerprint density at radius 1 is 1.09 bits per heavy atom. The molecule has 0 atom stereocenters. The van der Waals surface area contributed by atoms with Crippen molar-refractivity contribution in [3.05, 3.63) is 86.6 Å². The maximum Gasteiger partial charge on any atom is 0.330 e. The number of benzene rings is 2. The van der Waals surface area contributed by atoms with Crippen molar-refractivity contribution in [1.29, 1.82) is 0 Å². The predicted octanol–water partition coefficient (Wildman–Crippen LogP) is 1.87. The van der Waals surface area contributed by atoms with Gasteiger partial charge in [0.15, 0.2) is 15.5 Å². The highest BCUT2D eigenvalue weighted by Crippen LogP contribution is 2.22. The van der Waals surface area contributed by atoms with Crippen LogP contribution in [-0.4, -0.2) is 36.7 Å². The largest absolute Gasteiger partial charge is 0.383 e. The summed E-state index contributed by atoms with van der Waals surface area (Å²) in [6.07, 6.45) is 1.05. The van der Waals surface area contributed by atoms with Crippen LogP contribution in [0.1, 0.15) is 29.8 Å². The monoisotopic (exact) mass is 470 g/mol. The number of aromatic nitrogens is 2. The predicted molar refractivity (Wildman–Crippen MR) is 127 cm³/mol. The van der Waals surface area contributed by atoms with Crippen LogP contribution < -0.4 is 21.9 Å². The number of rotatable bonds is 7. The molecular formula is C23H26N4O5S. The smallest absolute Gasteiger partial charge is 0.330 e. The van der Waals surface area contributed by atoms with E-state index in [-0.39, 0.29) is 41.0 Å². The number of sulfone groups is 1. The third-order valence-electron chi connectivity index (χ3n) is 4.97. The SMILES string of the molecule is CC(C)CN(C(=O)c1cccc(S(C)(=O)=O)c1)c1c(N)n(Cc2ccccc2)c(=O)[nH]c1=O. The highest BCUT2D eigenvalue weighted by molar-refractivity contribution is 7.90. The summed E-state index contributed by atoms with van der Waals surface area (Å²) in [5.74, 6) is -0.808. The normalized spacial score (nSPS) is 11.5. The van der Waals surface area contributed by atoms with Crippen LogP contribution in [0.3, 0.4) is 0 Å². The number of nitrogen functional groups attached to an aromatic ring is 1. The van der Waals surface area contributed by atoms with Crippen molar-refractivity contribution in [2.75, 3.05) is 23.4 Å². The van der Waals surface area contributed by atoms with Crippen LogP contribution in [0.25, 0.3) is 0 Å². The molecule has 174 valence electrons. The molecule has 9 nitrogen and oxygen atoms in total. The average molecular weight is 471 g/mol. The number of hydrogen-bond donors (Lipinski definition) is 2. The number of nitrogens with one attached hydrogen (secondary N) is 1. The van der Waals surface area contributed by atoms with Crippen LogP contribution in [0.2, 0.25) is 0 Å². The van der Waals surface area contributed by atoms with Crippen LogP contribution in [0, 0.1) is 5.92 Å². The zero-order chi connectivity index (χ0) is 24.3. The molecule has 3 rings (SSSR count). The molecular weight excluding hydrogens is 444 g/mol. The van der Waals surface area contributed by atoms with Crippen LogP contribution in [0.5, 0.6) is 0 Å². The first-order valence-corrected chi connectivity index (χ1v) is 12.2. The molecule has 2 aromatic carbocycles. The lowest BCUT2D eigenvalue weighted by Gasteiger charge is -2.26. The number of carbonyl (C=O) groups excluding carboxylic acids is 1. The Labute approximate surface area is 191 Å². The van der Waals surface area contributed by atoms with Gasteiger partial charge in [0.1, 0.15) is 5.82 Å². The number of carbonyl (C=O) groups is 1. The standard InChI is InChI=1S/C23H26N4O5S/c1-15(2)13-26(22(29)17-10-7-11-18(12-17)33(3,31)32)19-20(24)27(23(30)25-21(19)28)14-16-8-5-4-6-9-16/h4-12,15H,13-14,24H2,1-3H3,(H,25,28,30). The van der Waals surface area contributed by atoms with Crippen LogP contribution >= 0.6 is 0 Å². The van der Waals surface area contributed by atoms with Crippen molar-refractivity contribution in [2.24, 2.45) is 5.92 Å². The van der Waals surface area contributed by atoms with Gasteiger partial charge in [-0.3, -0.25) is 19.1 Å². The first-order chi connectivity index (χ1) is 15.5. The minimum Gasteiger partial charge on any atom is -0.383 e. The van der Waals surface area contributed by atoms with Gasteiger partial charge in [-0.25, -0.2) is 13.2 Å². The minimum absolute atomic E-state index is 0.0197. The van der Waals surface area contributed by atoms with Gasteiger partial charge in [0.2, 0.25) is 0 Å². The molecule has 3 N–H and O–H groups in total. The molecule has 10 heteroatoms. The van der Waals surface area contributed by atoms with Gasteiger partial charge in [0.25, 0.3) is 11.5 Å². The molecule has 1 amide bonds. The van der Waals surface area contributed by atoms with E-state index in [4.69, 9.17) is 5.73 Å². The lowest BCUT2D eigenvalue weighted by Crippen LogP contribution is -2.42. The summed E-state index contributed by atoms with van der Waals surface area (Å²) in [7, 11) is -3.54. The zero-order valence-corrected chi connectivity index (χ0v) is 19.4. The Morgan fingerprint density at radius 3 is 2.36 bits per heavy atom. The molecule has 0 bridgehead atoms. The Balaban J connectivity index is 2.15. The Morgan fingerprint density at radius 2 is 1.76 bits per heavy atom. The molecule has 0 aliphatic heterocycles. The second kappa shape index (κ2) is 9.45. The van der Waals surface area contributed by atoms with Crippen LogP contribution in [-0.2, 0) is 16.4 Å². The van der Waals surface area contributed by atoms with Crippen molar-refractivity contribution >= 4 is 27.2 Å². The Bertz CT molecular complexity index is 1390. The molecule has 1 heterocycles. The summed E-state index contributed by atoms with van der Waals surface area (Å²) in [4.78, 5) is 42.2. The van der Waals surface area contributed by atoms with Crippen molar-refractivity contribution < 1.29 is 13.2 Å². The lowest BCUT2D eigenvalue weighted by molar-refractivity contribution is 0.0983. The van der Waals surface area contributed by atoms with E-state index < -0.39 is 27.0 Å². The van der Waals surface area contributed by atoms with E-state index in [1.807, 2.05) is 44.2 Å². The number of hydrogen-bond acceptors (Lipinski definition) is 6. The van der Waals surface area contributed by atoms with E-state index in [0.29, 0.717) is 0 Å². The molecule has 0 fully saturated rings. The van der Waals surface area contributed by atoms with E-state index in [9.17, 15) is 22.8 Å². The van der Waals surface area contributed by atoms with Gasteiger partial charge in [-0.05, 0) is 29.7 Å². The number of nitrogens with zero attached hydrogens (tertiary/aromatic N) is 2. The van der Waals surface area contributed by atoms with Crippen molar-refractivity contribution in [2.45, 2.75) is 25.3 Å². The summed E-state index contributed by atoms with van der Waals surface area (Å²) < 4.78 is 25.1. The van der Waals surface area contributed by atoms with Crippen LogP contribution in [0.15, 0.2) is 69.1 Å². The Hall–Kier alpha value is -3.66. The summed E-state index contributed by atoms with van der Waals surface area (Å²) in [5.41, 5.74) is 5.50. The maximum absolute atomic E-state index is 13.5. The zero-order valence-electron chi connectivity index (χ0n) is 18.6. The Kier molecular flexibility index (Phi) is 6.87. The minimum atomic E-state index is -3.54. The summed E-state index contributed by atoms with van der Waals surface area (Å²) in [6.45, 7) is 3.94. The topological polar surface area (TPSA) is 135 Å². The van der Waals surface area contributed by atoms with E-state index in [0.717, 1.165) is 11.8 Å². The van der Waals surface area contributed by atoms with E-state index in [1.165, 1.54) is 33.7 Å². The summed E-state index contributed by atoms with van der Waals surface area (Å²) in [5, 5.41) is 0. The molecule has 0 aliphatic carbocycles. The molecule has 0 aliphatic rings. The molecule has 0 radical (unpaired) electrons. The summed E-state index contributed by atoms with van der Waals surface area (Å²) >= 11 is 0. The van der Waals surface area contributed by atoms with Crippen molar-refractivity contribution in [3.8, 4) is 0 Å². The van der Waals surface area contributed by atoms with Gasteiger partial charge in [0.05, 0.1) is 11.4 Å². The molecule has 0 spiro atoms. The third-order valence-corrected chi connectivity index (χ3v) is 6.08. The summed E-state index contributed by atoms with van der Waals surface area (Å²) in [6, 6.07) is 14.7. The number of nitrogens with two attached hydrogens (primary N) is 1. The fraction of sp³-hybridized carbons (Fsp3) is 0.261. The second-order valence-corrected chi connectivity index (χ2v) is 10.2. The third kappa shape index (κ3) is 5.40. The van der Waals surface area contributed by atoms with Gasteiger partial charge in [0, 0.05) is 18.4 Å². The first-order valence-electron chi connectivity index (χ1n) is 10.3. The van der Waals surface area contributed by atoms with Crippen molar-refractivity contribution in [3.63, 3.8) is 0 Å². The number of H-pyrrole nitrogens is 1. The van der Waals surface area contributed by atoms with Crippen molar-refractivity contribution in [1.82, 2.24) is 9.55 Å². The number of anilines is 2. The number of amides is 1. The average Bonchev–Trinajstić information content (AvgIpc) is 2.75. The molecule has 1 aromatic heterocycles. The first kappa shape index (κ1) is 24.0. The van der Waals surface area contributed by atoms with Gasteiger partial charge >= 0.3 is 5.69 Å². The fourth-order valence-electron chi connectivity index (χ4n) is 3.42. The molecule has 0 unspecified atom stereocenters. The van der Waals surface area contributed by atoms with Gasteiger partial charge in [-0.15, -0.1) is 0 Å². The van der Waals surface area contributed by atoms with E-state index >= 15 is 0 Å². The molecule has 0 saturated heterocycles. The highest BCUT2D eigenvalue weighted by Gasteiger charge is 2.26. The lowest BCUT2D eigenvalue weighted by atomic mass is 10.1.